The van der Waals surface area contributed by atoms with Gasteiger partial charge in [0, 0.05) is 11.1 Å². The molecule has 0 amide bonds. The minimum atomic E-state index is 0.453. The normalized spacial score (nSPS) is 10.3. The standard InChI is InChI=1S/C11H10N2S/c1-7-6-14-11-9(13)3-2-8(4-5-12)10(7)11/h2-3,6H,4,13H2,1H3. The van der Waals surface area contributed by atoms with Gasteiger partial charge in [-0.15, -0.1) is 11.3 Å². The van der Waals surface area contributed by atoms with Gasteiger partial charge in [0.2, 0.25) is 0 Å². The van der Waals surface area contributed by atoms with Crippen LogP contribution in [0.5, 0.6) is 0 Å². The number of thiophene rings is 1. The number of benzene rings is 1. The topological polar surface area (TPSA) is 49.8 Å². The van der Waals surface area contributed by atoms with E-state index in [1.54, 1.807) is 11.3 Å². The minimum absolute atomic E-state index is 0.453. The Bertz CT molecular complexity index is 520. The van der Waals surface area contributed by atoms with Crippen LogP contribution in [-0.2, 0) is 6.42 Å². The van der Waals surface area contributed by atoms with Crippen LogP contribution in [0.4, 0.5) is 5.69 Å². The highest BCUT2D eigenvalue weighted by atomic mass is 32.1. The molecule has 0 bridgehead atoms. The van der Waals surface area contributed by atoms with Gasteiger partial charge >= 0.3 is 0 Å². The molecule has 0 aliphatic rings. The Labute approximate surface area is 86.6 Å². The molecule has 0 unspecified atom stereocenters. The SMILES string of the molecule is Cc1csc2c(N)ccc(CC#N)c12. The Morgan fingerprint density at radius 2 is 2.29 bits per heavy atom. The maximum absolute atomic E-state index is 8.70. The highest BCUT2D eigenvalue weighted by molar-refractivity contribution is 7.18. The fourth-order valence-electron chi connectivity index (χ4n) is 1.64. The molecule has 1 heterocycles. The molecule has 3 heteroatoms. The van der Waals surface area contributed by atoms with Crippen molar-refractivity contribution in [2.24, 2.45) is 0 Å². The first-order valence-corrected chi connectivity index (χ1v) is 5.24. The van der Waals surface area contributed by atoms with E-state index in [0.29, 0.717) is 6.42 Å². The van der Waals surface area contributed by atoms with Crippen molar-refractivity contribution in [1.82, 2.24) is 0 Å². The van der Waals surface area contributed by atoms with Crippen LogP contribution in [0.15, 0.2) is 17.5 Å². The molecule has 2 N–H and O–H groups in total. The van der Waals surface area contributed by atoms with Crippen LogP contribution in [0.25, 0.3) is 10.1 Å². The summed E-state index contributed by atoms with van der Waals surface area (Å²) in [6, 6.07) is 6.00. The molecule has 2 nitrogen and oxygen atoms in total. The first-order valence-electron chi connectivity index (χ1n) is 4.36. The summed E-state index contributed by atoms with van der Waals surface area (Å²) in [6.07, 6.45) is 0.453. The number of anilines is 1. The van der Waals surface area contributed by atoms with E-state index in [0.717, 1.165) is 21.3 Å². The zero-order chi connectivity index (χ0) is 10.1. The van der Waals surface area contributed by atoms with Gasteiger partial charge in [0.05, 0.1) is 17.2 Å². The molecule has 1 aromatic carbocycles. The predicted molar refractivity (Wildman–Crippen MR) is 60.3 cm³/mol. The van der Waals surface area contributed by atoms with E-state index >= 15 is 0 Å². The van der Waals surface area contributed by atoms with Crippen molar-refractivity contribution in [3.63, 3.8) is 0 Å². The lowest BCUT2D eigenvalue weighted by Gasteiger charge is -2.02. The monoisotopic (exact) mass is 202 g/mol. The molecule has 1 aromatic heterocycles. The molecule has 0 radical (unpaired) electrons. The highest BCUT2D eigenvalue weighted by Gasteiger charge is 2.08. The summed E-state index contributed by atoms with van der Waals surface area (Å²) >= 11 is 1.65. The van der Waals surface area contributed by atoms with Crippen LogP contribution in [-0.4, -0.2) is 0 Å². The lowest BCUT2D eigenvalue weighted by Crippen LogP contribution is -1.89. The fourth-order valence-corrected chi connectivity index (χ4v) is 2.66. The molecule has 2 rings (SSSR count). The van der Waals surface area contributed by atoms with E-state index in [1.165, 1.54) is 5.56 Å². The van der Waals surface area contributed by atoms with Crippen molar-refractivity contribution in [2.45, 2.75) is 13.3 Å². The Morgan fingerprint density at radius 1 is 1.50 bits per heavy atom. The molecule has 0 saturated carbocycles. The van der Waals surface area contributed by atoms with Crippen LogP contribution >= 0.6 is 11.3 Å². The molecular weight excluding hydrogens is 192 g/mol. The Morgan fingerprint density at radius 3 is 3.00 bits per heavy atom. The summed E-state index contributed by atoms with van der Waals surface area (Å²) in [7, 11) is 0. The van der Waals surface area contributed by atoms with E-state index in [1.807, 2.05) is 12.1 Å². The van der Waals surface area contributed by atoms with Crippen LogP contribution in [0.3, 0.4) is 0 Å². The van der Waals surface area contributed by atoms with Gasteiger partial charge < -0.3 is 5.73 Å². The van der Waals surface area contributed by atoms with E-state index in [9.17, 15) is 0 Å². The molecule has 14 heavy (non-hydrogen) atoms. The van der Waals surface area contributed by atoms with Gasteiger partial charge in [-0.1, -0.05) is 6.07 Å². The Balaban J connectivity index is 2.80. The molecule has 0 atom stereocenters. The van der Waals surface area contributed by atoms with Crippen molar-refractivity contribution >= 4 is 27.1 Å². The largest absolute Gasteiger partial charge is 0.398 e. The molecule has 0 aliphatic heterocycles. The summed E-state index contributed by atoms with van der Waals surface area (Å²) < 4.78 is 1.11. The third kappa shape index (κ3) is 1.24. The average Bonchev–Trinajstić information content (AvgIpc) is 2.55. The number of rotatable bonds is 1. The number of fused-ring (bicyclic) bond motifs is 1. The molecule has 0 saturated heterocycles. The number of hydrogen-bond acceptors (Lipinski definition) is 3. The first kappa shape index (κ1) is 9.04. The summed E-state index contributed by atoms with van der Waals surface area (Å²) in [5, 5.41) is 11.9. The van der Waals surface area contributed by atoms with Crippen molar-refractivity contribution in [2.75, 3.05) is 5.73 Å². The van der Waals surface area contributed by atoms with Crippen molar-refractivity contribution in [3.05, 3.63) is 28.6 Å². The number of aryl methyl sites for hydroxylation is 1. The first-order chi connectivity index (χ1) is 6.74. The third-order valence-electron chi connectivity index (χ3n) is 2.29. The zero-order valence-electron chi connectivity index (χ0n) is 7.87. The van der Waals surface area contributed by atoms with E-state index in [4.69, 9.17) is 11.0 Å². The molecule has 2 aromatic rings. The maximum atomic E-state index is 8.70. The van der Waals surface area contributed by atoms with Gasteiger partial charge in [-0.25, -0.2) is 0 Å². The quantitative estimate of drug-likeness (QED) is 0.723. The van der Waals surface area contributed by atoms with E-state index in [2.05, 4.69) is 18.4 Å². The Hall–Kier alpha value is -1.53. The third-order valence-corrected chi connectivity index (χ3v) is 3.44. The minimum Gasteiger partial charge on any atom is -0.398 e. The Kier molecular flexibility index (Phi) is 2.14. The lowest BCUT2D eigenvalue weighted by molar-refractivity contribution is 1.28. The van der Waals surface area contributed by atoms with Crippen LogP contribution in [0.1, 0.15) is 11.1 Å². The molecule has 0 spiro atoms. The summed E-state index contributed by atoms with van der Waals surface area (Å²) in [4.78, 5) is 0. The van der Waals surface area contributed by atoms with E-state index in [-0.39, 0.29) is 0 Å². The molecule has 0 aliphatic carbocycles. The summed E-state index contributed by atoms with van der Waals surface area (Å²) in [5.74, 6) is 0. The average molecular weight is 202 g/mol. The lowest BCUT2D eigenvalue weighted by atomic mass is 10.0. The molecule has 70 valence electrons. The highest BCUT2D eigenvalue weighted by Crippen LogP contribution is 2.33. The van der Waals surface area contributed by atoms with Gasteiger partial charge in [0.25, 0.3) is 0 Å². The van der Waals surface area contributed by atoms with Crippen LogP contribution in [0, 0.1) is 18.3 Å². The van der Waals surface area contributed by atoms with Gasteiger partial charge in [-0.2, -0.15) is 5.26 Å². The fraction of sp³-hybridized carbons (Fsp3) is 0.182. The second-order valence-corrected chi connectivity index (χ2v) is 4.15. The van der Waals surface area contributed by atoms with Crippen LogP contribution in [0.2, 0.25) is 0 Å². The summed E-state index contributed by atoms with van der Waals surface area (Å²) in [6.45, 7) is 2.05. The maximum Gasteiger partial charge on any atom is 0.0669 e. The number of nitriles is 1. The van der Waals surface area contributed by atoms with E-state index < -0.39 is 0 Å². The zero-order valence-corrected chi connectivity index (χ0v) is 8.69. The van der Waals surface area contributed by atoms with Crippen molar-refractivity contribution < 1.29 is 0 Å². The van der Waals surface area contributed by atoms with Crippen LogP contribution < -0.4 is 5.73 Å². The number of nitrogens with two attached hydrogens (primary N) is 1. The van der Waals surface area contributed by atoms with Crippen molar-refractivity contribution in [3.8, 4) is 6.07 Å². The predicted octanol–water partition coefficient (Wildman–Crippen LogP) is 2.86. The van der Waals surface area contributed by atoms with Gasteiger partial charge in [-0.3, -0.25) is 0 Å². The molecule has 0 fully saturated rings. The van der Waals surface area contributed by atoms with Crippen molar-refractivity contribution in [1.29, 1.82) is 5.26 Å². The molecular formula is C11H10N2S. The van der Waals surface area contributed by atoms with Gasteiger partial charge in [0.1, 0.15) is 0 Å². The number of nitrogens with zero attached hydrogens (tertiary/aromatic N) is 1. The van der Waals surface area contributed by atoms with Gasteiger partial charge in [-0.05, 0) is 29.5 Å². The number of hydrogen-bond donors (Lipinski definition) is 1. The number of nitrogen functional groups attached to an aromatic ring is 1. The summed E-state index contributed by atoms with van der Waals surface area (Å²) in [5.41, 5.74) is 8.96. The second kappa shape index (κ2) is 3.32. The van der Waals surface area contributed by atoms with Gasteiger partial charge in [0.15, 0.2) is 0 Å². The smallest absolute Gasteiger partial charge is 0.0669 e. The second-order valence-electron chi connectivity index (χ2n) is 3.27.